The number of carbonyl (C=O) groups excluding carboxylic acids is 3. The number of pyridine rings is 1. The summed E-state index contributed by atoms with van der Waals surface area (Å²) in [6.07, 6.45) is 0.745. The molecule has 0 aliphatic rings. The Labute approximate surface area is 208 Å². The first-order valence-electron chi connectivity index (χ1n) is 11.0. The number of sulfonamides is 1. The number of benzene rings is 2. The molecule has 0 radical (unpaired) electrons. The number of para-hydroxylation sites is 1. The summed E-state index contributed by atoms with van der Waals surface area (Å²) in [6, 6.07) is 16.8. The van der Waals surface area contributed by atoms with Crippen molar-refractivity contribution in [1.82, 2.24) is 15.0 Å². The predicted octanol–water partition coefficient (Wildman–Crippen LogP) is 2.57. The van der Waals surface area contributed by atoms with Gasteiger partial charge in [0.2, 0.25) is 0 Å². The van der Waals surface area contributed by atoms with Crippen LogP contribution in [0.5, 0.6) is 5.75 Å². The molecule has 2 N–H and O–H groups in total. The van der Waals surface area contributed by atoms with Crippen LogP contribution < -0.4 is 14.8 Å². The molecule has 0 saturated carbocycles. The number of rotatable bonds is 10. The van der Waals surface area contributed by atoms with Crippen LogP contribution in [-0.2, 0) is 14.8 Å². The third kappa shape index (κ3) is 7.37. The van der Waals surface area contributed by atoms with Gasteiger partial charge in [0.1, 0.15) is 18.1 Å². The van der Waals surface area contributed by atoms with Gasteiger partial charge >= 0.3 is 5.97 Å². The largest absolute Gasteiger partial charge is 0.492 e. The number of carbonyl (C=O) groups is 3. The molecular formula is C25H25N3O7S. The maximum absolute atomic E-state index is 12.6. The zero-order valence-corrected chi connectivity index (χ0v) is 20.4. The Bertz CT molecular complexity index is 1310. The first-order chi connectivity index (χ1) is 17.2. The molecule has 2 aromatic carbocycles. The second kappa shape index (κ2) is 11.9. The van der Waals surface area contributed by atoms with Gasteiger partial charge < -0.3 is 14.8 Å². The molecule has 0 fully saturated rings. The average Bonchev–Trinajstić information content (AvgIpc) is 2.86. The number of esters is 1. The summed E-state index contributed by atoms with van der Waals surface area (Å²) in [5, 5.41) is 2.68. The van der Waals surface area contributed by atoms with E-state index in [1.807, 2.05) is 22.9 Å². The first kappa shape index (κ1) is 26.4. The van der Waals surface area contributed by atoms with Crippen LogP contribution >= 0.6 is 0 Å². The van der Waals surface area contributed by atoms with Gasteiger partial charge in [0, 0.05) is 11.8 Å². The molecule has 188 valence electrons. The normalized spacial score (nSPS) is 11.0. The Kier molecular flexibility index (Phi) is 8.74. The van der Waals surface area contributed by atoms with Gasteiger partial charge in [0.15, 0.2) is 0 Å². The van der Waals surface area contributed by atoms with Crippen molar-refractivity contribution in [3.63, 3.8) is 0 Å². The smallest absolute Gasteiger partial charge is 0.357 e. The van der Waals surface area contributed by atoms with Gasteiger partial charge in [-0.2, -0.15) is 0 Å². The van der Waals surface area contributed by atoms with Crippen LogP contribution in [0.15, 0.2) is 77.8 Å². The van der Waals surface area contributed by atoms with Crippen molar-refractivity contribution in [3.05, 3.63) is 89.7 Å². The quantitative estimate of drug-likeness (QED) is 0.313. The Hall–Kier alpha value is -4.25. The number of nitrogens with zero attached hydrogens (tertiary/aromatic N) is 1. The highest BCUT2D eigenvalue weighted by Gasteiger charge is 2.20. The molecule has 2 amide bonds. The maximum atomic E-state index is 12.6. The summed E-state index contributed by atoms with van der Waals surface area (Å²) in [4.78, 5) is 40.2. The van der Waals surface area contributed by atoms with E-state index in [9.17, 15) is 22.8 Å². The zero-order valence-electron chi connectivity index (χ0n) is 19.6. The highest BCUT2D eigenvalue weighted by Crippen LogP contribution is 2.12. The molecule has 0 atom stereocenters. The second-order valence-electron chi connectivity index (χ2n) is 7.76. The fourth-order valence-electron chi connectivity index (χ4n) is 2.90. The van der Waals surface area contributed by atoms with Crippen molar-refractivity contribution < 1.29 is 32.3 Å². The zero-order chi connectivity index (χ0) is 26.1. The Morgan fingerprint density at radius 1 is 0.889 bits per heavy atom. The van der Waals surface area contributed by atoms with Gasteiger partial charge in [-0.25, -0.2) is 22.9 Å². The molecule has 0 bridgehead atoms. The fraction of sp³-hybridized carbons (Fsp3) is 0.200. The van der Waals surface area contributed by atoms with Crippen LogP contribution in [0.3, 0.4) is 0 Å². The Balaban J connectivity index is 1.54. The van der Waals surface area contributed by atoms with Gasteiger partial charge in [0.05, 0.1) is 23.1 Å². The minimum absolute atomic E-state index is 0.0106. The van der Waals surface area contributed by atoms with E-state index < -0.39 is 27.8 Å². The van der Waals surface area contributed by atoms with Gasteiger partial charge in [-0.1, -0.05) is 18.2 Å². The lowest BCUT2D eigenvalue weighted by Crippen LogP contribution is -2.31. The molecule has 0 saturated heterocycles. The Morgan fingerprint density at radius 3 is 2.17 bits per heavy atom. The van der Waals surface area contributed by atoms with E-state index >= 15 is 0 Å². The highest BCUT2D eigenvalue weighted by atomic mass is 32.2. The van der Waals surface area contributed by atoms with Crippen LogP contribution in [0.1, 0.15) is 45.1 Å². The number of hydrogen-bond donors (Lipinski definition) is 2. The van der Waals surface area contributed by atoms with Gasteiger partial charge in [-0.05, 0) is 62.4 Å². The number of aromatic nitrogens is 1. The molecule has 11 heteroatoms. The lowest BCUT2D eigenvalue weighted by Gasteiger charge is -2.10. The molecular weight excluding hydrogens is 486 g/mol. The summed E-state index contributed by atoms with van der Waals surface area (Å²) in [5.41, 5.74) is 0.171. The van der Waals surface area contributed by atoms with Gasteiger partial charge in [-0.15, -0.1) is 0 Å². The van der Waals surface area contributed by atoms with Crippen molar-refractivity contribution in [2.75, 3.05) is 13.2 Å². The maximum Gasteiger partial charge on any atom is 0.357 e. The second-order valence-corrected chi connectivity index (χ2v) is 9.44. The molecule has 0 unspecified atom stereocenters. The summed E-state index contributed by atoms with van der Waals surface area (Å²) in [6.45, 7) is 3.90. The lowest BCUT2D eigenvalue weighted by atomic mass is 10.2. The van der Waals surface area contributed by atoms with E-state index in [2.05, 4.69) is 10.3 Å². The van der Waals surface area contributed by atoms with E-state index in [4.69, 9.17) is 9.47 Å². The minimum Gasteiger partial charge on any atom is -0.492 e. The summed E-state index contributed by atoms with van der Waals surface area (Å²) in [7, 11) is -4.21. The summed E-state index contributed by atoms with van der Waals surface area (Å²) in [5.74, 6) is -1.30. The van der Waals surface area contributed by atoms with Crippen LogP contribution in [0.4, 0.5) is 0 Å². The monoisotopic (exact) mass is 511 g/mol. The highest BCUT2D eigenvalue weighted by molar-refractivity contribution is 7.90. The number of hydrogen-bond acceptors (Lipinski definition) is 8. The molecule has 1 aromatic heterocycles. The molecule has 0 aliphatic heterocycles. The SMILES string of the molecule is CC(C)OC(=O)c1ccc(C(=O)NS(=O)(=O)c2ccc(C(=O)NCCOc3ccccc3)cc2)cn1. The molecule has 1 heterocycles. The van der Waals surface area contributed by atoms with E-state index in [0.29, 0.717) is 5.75 Å². The summed E-state index contributed by atoms with van der Waals surface area (Å²) < 4.78 is 37.6. The van der Waals surface area contributed by atoms with Crippen molar-refractivity contribution in [2.45, 2.75) is 24.8 Å². The Morgan fingerprint density at radius 2 is 1.56 bits per heavy atom. The summed E-state index contributed by atoms with van der Waals surface area (Å²) >= 11 is 0. The lowest BCUT2D eigenvalue weighted by molar-refractivity contribution is 0.0370. The molecule has 0 aliphatic carbocycles. The van der Waals surface area contributed by atoms with Crippen molar-refractivity contribution in [1.29, 1.82) is 0 Å². The van der Waals surface area contributed by atoms with E-state index in [0.717, 1.165) is 6.20 Å². The van der Waals surface area contributed by atoms with E-state index in [1.165, 1.54) is 36.4 Å². The average molecular weight is 512 g/mol. The predicted molar refractivity (Wildman–Crippen MR) is 130 cm³/mol. The standard InChI is InChI=1S/C25H25N3O7S/c1-17(2)35-25(31)22-13-10-19(16-27-22)24(30)28-36(32,33)21-11-8-18(9-12-21)23(29)26-14-15-34-20-6-4-3-5-7-20/h3-13,16-17H,14-15H2,1-2H3,(H,26,29)(H,28,30). The molecule has 10 nitrogen and oxygen atoms in total. The third-order valence-electron chi connectivity index (χ3n) is 4.63. The molecule has 36 heavy (non-hydrogen) atoms. The van der Waals surface area contributed by atoms with E-state index in [-0.39, 0.29) is 41.0 Å². The van der Waals surface area contributed by atoms with Crippen molar-refractivity contribution in [2.24, 2.45) is 0 Å². The topological polar surface area (TPSA) is 141 Å². The minimum atomic E-state index is -4.21. The third-order valence-corrected chi connectivity index (χ3v) is 5.98. The van der Waals surface area contributed by atoms with Crippen LogP contribution in [0.25, 0.3) is 0 Å². The van der Waals surface area contributed by atoms with Gasteiger partial charge in [0.25, 0.3) is 21.8 Å². The van der Waals surface area contributed by atoms with Crippen LogP contribution in [0, 0.1) is 0 Å². The number of amides is 2. The van der Waals surface area contributed by atoms with Crippen LogP contribution in [0.2, 0.25) is 0 Å². The number of nitrogens with one attached hydrogen (secondary N) is 2. The van der Waals surface area contributed by atoms with Crippen molar-refractivity contribution >= 4 is 27.8 Å². The molecule has 3 aromatic rings. The molecule has 0 spiro atoms. The first-order valence-corrected chi connectivity index (χ1v) is 12.4. The fourth-order valence-corrected chi connectivity index (χ4v) is 3.88. The van der Waals surface area contributed by atoms with Gasteiger partial charge in [-0.3, -0.25) is 9.59 Å². The number of ether oxygens (including phenoxy) is 2. The van der Waals surface area contributed by atoms with Crippen molar-refractivity contribution in [3.8, 4) is 5.75 Å². The van der Waals surface area contributed by atoms with E-state index in [1.54, 1.807) is 26.0 Å². The molecule has 3 rings (SSSR count). The van der Waals surface area contributed by atoms with Crippen LogP contribution in [-0.4, -0.2) is 50.4 Å².